The maximum atomic E-state index is 6.97. The molecule has 0 amide bonds. The van der Waals surface area contributed by atoms with Crippen molar-refractivity contribution in [3.63, 3.8) is 0 Å². The minimum Gasteiger partial charge on any atom is -0.320 e. The van der Waals surface area contributed by atoms with Gasteiger partial charge in [0.05, 0.1) is 6.04 Å². The molecule has 1 atom stereocenters. The second-order valence-electron chi connectivity index (χ2n) is 13.0. The molecule has 0 aromatic heterocycles. The Labute approximate surface area is 308 Å². The van der Waals surface area contributed by atoms with Gasteiger partial charge in [0.15, 0.2) is 0 Å². The summed E-state index contributed by atoms with van der Waals surface area (Å²) in [5.74, 6) is 0. The molecular formula is C51H43N. The second-order valence-corrected chi connectivity index (χ2v) is 13.0. The van der Waals surface area contributed by atoms with Crippen molar-refractivity contribution in [3.8, 4) is 33.4 Å². The van der Waals surface area contributed by atoms with Crippen LogP contribution in [-0.4, -0.2) is 0 Å². The summed E-state index contributed by atoms with van der Waals surface area (Å²) in [6.07, 6.45) is 23.7. The quantitative estimate of drug-likeness (QED) is 0.180. The van der Waals surface area contributed by atoms with E-state index in [1.165, 1.54) is 44.5 Å². The SMILES string of the molecule is NC(c1ccc(-c2ccccc2)cc1)c1ccccc1-c1cccc(-c2cccc(/C=C3/C=C\C=C/C/C=C/C=C(c4ccccc4)\C=C/C3)c2)c1. The molecule has 0 saturated carbocycles. The average molecular weight is 670 g/mol. The van der Waals surface area contributed by atoms with Crippen molar-refractivity contribution in [3.05, 3.63) is 240 Å². The molecule has 1 unspecified atom stereocenters. The molecule has 6 aromatic rings. The van der Waals surface area contributed by atoms with Crippen LogP contribution in [0.5, 0.6) is 0 Å². The lowest BCUT2D eigenvalue weighted by atomic mass is 9.89. The van der Waals surface area contributed by atoms with E-state index in [1.807, 2.05) is 6.07 Å². The molecule has 0 fully saturated rings. The molecule has 0 aliphatic heterocycles. The van der Waals surface area contributed by atoms with Crippen LogP contribution in [-0.2, 0) is 0 Å². The molecule has 0 saturated heterocycles. The van der Waals surface area contributed by atoms with E-state index in [0.29, 0.717) is 0 Å². The third-order valence-electron chi connectivity index (χ3n) is 9.42. The third-order valence-corrected chi connectivity index (χ3v) is 9.42. The topological polar surface area (TPSA) is 26.0 Å². The van der Waals surface area contributed by atoms with Crippen LogP contribution in [0.3, 0.4) is 0 Å². The van der Waals surface area contributed by atoms with E-state index < -0.39 is 0 Å². The maximum Gasteiger partial charge on any atom is 0.0557 e. The standard InChI is InChI=1S/C51H43N/c52-51(45-34-32-44(33-35-45)42-24-11-6-12-25-42)50-31-14-13-30-49(50)48-29-17-28-47(38-48)46-27-16-20-40(37-46)36-39-18-7-3-1-2-4-8-21-43(26-15-19-39)41-22-9-5-10-23-41/h1,3-18,20-38,51H,2,19,52H2/b3-1-,8-4+,18-7-,26-15-,39-36-,43-21+. The molecule has 0 bridgehead atoms. The van der Waals surface area contributed by atoms with Crippen molar-refractivity contribution in [1.29, 1.82) is 0 Å². The monoisotopic (exact) mass is 669 g/mol. The summed E-state index contributed by atoms with van der Waals surface area (Å²) < 4.78 is 0. The minimum atomic E-state index is -0.248. The van der Waals surface area contributed by atoms with E-state index in [4.69, 9.17) is 5.73 Å². The van der Waals surface area contributed by atoms with Gasteiger partial charge in [0.25, 0.3) is 0 Å². The van der Waals surface area contributed by atoms with Crippen LogP contribution < -0.4 is 5.73 Å². The molecule has 52 heavy (non-hydrogen) atoms. The molecule has 2 N–H and O–H groups in total. The van der Waals surface area contributed by atoms with Gasteiger partial charge in [-0.1, -0.05) is 206 Å². The third kappa shape index (κ3) is 8.71. The average Bonchev–Trinajstić information content (AvgIpc) is 3.23. The molecule has 1 aliphatic carbocycles. The van der Waals surface area contributed by atoms with Gasteiger partial charge in [-0.3, -0.25) is 0 Å². The molecule has 252 valence electrons. The largest absolute Gasteiger partial charge is 0.320 e. The normalized spacial score (nSPS) is 18.1. The first-order valence-electron chi connectivity index (χ1n) is 18.0. The predicted molar refractivity (Wildman–Crippen MR) is 223 cm³/mol. The van der Waals surface area contributed by atoms with E-state index in [1.54, 1.807) is 0 Å². The predicted octanol–water partition coefficient (Wildman–Crippen LogP) is 13.2. The molecule has 1 aliphatic rings. The molecule has 0 spiro atoms. The Morgan fingerprint density at radius 3 is 1.92 bits per heavy atom. The smallest absolute Gasteiger partial charge is 0.0557 e. The van der Waals surface area contributed by atoms with E-state index in [0.717, 1.165) is 35.1 Å². The Kier molecular flexibility index (Phi) is 11.2. The van der Waals surface area contributed by atoms with Crippen molar-refractivity contribution in [2.45, 2.75) is 18.9 Å². The highest BCUT2D eigenvalue weighted by Gasteiger charge is 2.15. The van der Waals surface area contributed by atoms with Crippen molar-refractivity contribution >= 4 is 11.6 Å². The van der Waals surface area contributed by atoms with E-state index >= 15 is 0 Å². The number of hydrogen-bond acceptors (Lipinski definition) is 1. The lowest BCUT2D eigenvalue weighted by Crippen LogP contribution is -2.13. The fourth-order valence-electron chi connectivity index (χ4n) is 6.65. The van der Waals surface area contributed by atoms with E-state index in [9.17, 15) is 0 Å². The number of benzene rings is 6. The fraction of sp³-hybridized carbons (Fsp3) is 0.0588. The van der Waals surface area contributed by atoms with Crippen LogP contribution >= 0.6 is 0 Å². The fourth-order valence-corrected chi connectivity index (χ4v) is 6.65. The van der Waals surface area contributed by atoms with Crippen LogP contribution in [0.4, 0.5) is 0 Å². The zero-order valence-electron chi connectivity index (χ0n) is 29.4. The van der Waals surface area contributed by atoms with E-state index in [-0.39, 0.29) is 6.04 Å². The first kappa shape index (κ1) is 34.2. The number of nitrogens with two attached hydrogens (primary N) is 1. The van der Waals surface area contributed by atoms with Gasteiger partial charge >= 0.3 is 0 Å². The Hall–Kier alpha value is -6.28. The second kappa shape index (κ2) is 17.1. The van der Waals surface area contributed by atoms with Crippen molar-refractivity contribution in [2.75, 3.05) is 0 Å². The van der Waals surface area contributed by atoms with Crippen molar-refractivity contribution in [2.24, 2.45) is 5.73 Å². The number of allylic oxidation sites excluding steroid dienone is 11. The van der Waals surface area contributed by atoms with Gasteiger partial charge in [0.1, 0.15) is 0 Å². The lowest BCUT2D eigenvalue weighted by molar-refractivity contribution is 0.874. The molecule has 0 radical (unpaired) electrons. The van der Waals surface area contributed by atoms with Crippen molar-refractivity contribution in [1.82, 2.24) is 0 Å². The molecule has 6 aromatic carbocycles. The van der Waals surface area contributed by atoms with Gasteiger partial charge in [-0.15, -0.1) is 0 Å². The van der Waals surface area contributed by atoms with Crippen molar-refractivity contribution < 1.29 is 0 Å². The maximum absolute atomic E-state index is 6.97. The van der Waals surface area contributed by atoms with Gasteiger partial charge in [-0.2, -0.15) is 0 Å². The Balaban J connectivity index is 1.14. The Morgan fingerprint density at radius 1 is 0.481 bits per heavy atom. The summed E-state index contributed by atoms with van der Waals surface area (Å²) in [5.41, 5.74) is 21.1. The molecule has 1 nitrogen and oxygen atoms in total. The highest BCUT2D eigenvalue weighted by molar-refractivity contribution is 5.78. The lowest BCUT2D eigenvalue weighted by Gasteiger charge is -2.18. The van der Waals surface area contributed by atoms with Crippen LogP contribution in [0.1, 0.15) is 41.1 Å². The minimum absolute atomic E-state index is 0.248. The summed E-state index contributed by atoms with van der Waals surface area (Å²) in [6, 6.07) is 55.6. The Bertz CT molecular complexity index is 2280. The summed E-state index contributed by atoms with van der Waals surface area (Å²) >= 11 is 0. The molecule has 1 heteroatoms. The zero-order valence-corrected chi connectivity index (χ0v) is 29.4. The van der Waals surface area contributed by atoms with E-state index in [2.05, 4.69) is 212 Å². The number of hydrogen-bond donors (Lipinski definition) is 1. The molecule has 0 heterocycles. The summed E-state index contributed by atoms with van der Waals surface area (Å²) in [7, 11) is 0. The zero-order chi connectivity index (χ0) is 35.4. The van der Waals surface area contributed by atoms with Gasteiger partial charge in [-0.25, -0.2) is 0 Å². The highest BCUT2D eigenvalue weighted by Crippen LogP contribution is 2.34. The molecule has 7 rings (SSSR count). The summed E-state index contributed by atoms with van der Waals surface area (Å²) in [5, 5.41) is 0. The summed E-state index contributed by atoms with van der Waals surface area (Å²) in [6.45, 7) is 0. The molecular weight excluding hydrogens is 627 g/mol. The first-order valence-corrected chi connectivity index (χ1v) is 18.0. The first-order chi connectivity index (χ1) is 25.7. The summed E-state index contributed by atoms with van der Waals surface area (Å²) in [4.78, 5) is 0. The van der Waals surface area contributed by atoms with Gasteiger partial charge < -0.3 is 5.73 Å². The van der Waals surface area contributed by atoms with Gasteiger partial charge in [-0.05, 0) is 91.8 Å². The highest BCUT2D eigenvalue weighted by atomic mass is 14.6. The Morgan fingerprint density at radius 2 is 1.12 bits per heavy atom. The van der Waals surface area contributed by atoms with Gasteiger partial charge in [0.2, 0.25) is 0 Å². The van der Waals surface area contributed by atoms with Crippen LogP contribution in [0, 0.1) is 0 Å². The van der Waals surface area contributed by atoms with Crippen LogP contribution in [0.25, 0.3) is 45.0 Å². The van der Waals surface area contributed by atoms with Crippen LogP contribution in [0.15, 0.2) is 218 Å². The van der Waals surface area contributed by atoms with Crippen LogP contribution in [0.2, 0.25) is 0 Å². The van der Waals surface area contributed by atoms with Gasteiger partial charge in [0, 0.05) is 0 Å². The number of rotatable bonds is 7.